The number of carbonyl (C=O) groups excluding carboxylic acids is 2. The highest BCUT2D eigenvalue weighted by molar-refractivity contribution is 5.86. The van der Waals surface area contributed by atoms with E-state index >= 15 is 0 Å². The molecule has 0 aliphatic heterocycles. The average Bonchev–Trinajstić information content (AvgIpc) is 3.22. The van der Waals surface area contributed by atoms with E-state index in [2.05, 4.69) is 10.1 Å². The zero-order chi connectivity index (χ0) is 15.1. The van der Waals surface area contributed by atoms with Gasteiger partial charge in [-0.1, -0.05) is 13.3 Å². The predicted molar refractivity (Wildman–Crippen MR) is 71.2 cm³/mol. The molecule has 1 aliphatic rings. The second kappa shape index (κ2) is 7.72. The second-order valence-electron chi connectivity index (χ2n) is 4.90. The second-order valence-corrected chi connectivity index (χ2v) is 4.90. The van der Waals surface area contributed by atoms with Gasteiger partial charge in [0.2, 0.25) is 0 Å². The Labute approximate surface area is 118 Å². The zero-order valence-electron chi connectivity index (χ0n) is 11.9. The van der Waals surface area contributed by atoms with Gasteiger partial charge in [0.25, 0.3) is 0 Å². The first-order chi connectivity index (χ1) is 9.49. The highest BCUT2D eigenvalue weighted by atomic mass is 16.5. The lowest BCUT2D eigenvalue weighted by Gasteiger charge is -2.24. The molecule has 0 heterocycles. The Hall–Kier alpha value is -1.79. The Morgan fingerprint density at radius 3 is 2.50 bits per heavy atom. The van der Waals surface area contributed by atoms with Crippen molar-refractivity contribution in [2.24, 2.45) is 0 Å². The molecule has 0 saturated heterocycles. The van der Waals surface area contributed by atoms with Crippen molar-refractivity contribution in [1.29, 1.82) is 0 Å². The molecule has 2 N–H and O–H groups in total. The first kappa shape index (κ1) is 16.3. The molecular weight excluding hydrogens is 264 g/mol. The zero-order valence-corrected chi connectivity index (χ0v) is 11.9. The number of esters is 1. The minimum Gasteiger partial charge on any atom is -0.480 e. The van der Waals surface area contributed by atoms with Gasteiger partial charge in [0.15, 0.2) is 0 Å². The van der Waals surface area contributed by atoms with Crippen LogP contribution in [0.4, 0.5) is 4.79 Å². The van der Waals surface area contributed by atoms with Gasteiger partial charge in [-0.15, -0.1) is 0 Å². The highest BCUT2D eigenvalue weighted by Gasteiger charge is 2.34. The number of hydrogen-bond acceptors (Lipinski definition) is 4. The van der Waals surface area contributed by atoms with E-state index in [9.17, 15) is 14.4 Å². The molecule has 0 aromatic rings. The fourth-order valence-corrected chi connectivity index (χ4v) is 1.85. The lowest BCUT2D eigenvalue weighted by Crippen LogP contribution is -2.49. The van der Waals surface area contributed by atoms with Crippen molar-refractivity contribution in [3.8, 4) is 0 Å². The largest absolute Gasteiger partial charge is 0.480 e. The molecule has 0 bridgehead atoms. The van der Waals surface area contributed by atoms with Crippen LogP contribution in [0.5, 0.6) is 0 Å². The molecule has 0 aromatic heterocycles. The van der Waals surface area contributed by atoms with Gasteiger partial charge in [-0.3, -0.25) is 4.79 Å². The third-order valence-corrected chi connectivity index (χ3v) is 3.20. The minimum absolute atomic E-state index is 0.203. The summed E-state index contributed by atoms with van der Waals surface area (Å²) in [7, 11) is 1.18. The number of carboxylic acid groups (broad SMARTS) is 1. The molecule has 2 amide bonds. The van der Waals surface area contributed by atoms with Gasteiger partial charge in [0.05, 0.1) is 13.5 Å². The molecule has 1 rings (SSSR count). The van der Waals surface area contributed by atoms with E-state index in [1.807, 2.05) is 6.92 Å². The third-order valence-electron chi connectivity index (χ3n) is 3.20. The van der Waals surface area contributed by atoms with Crippen LogP contribution in [-0.4, -0.2) is 53.7 Å². The Morgan fingerprint density at radius 1 is 1.40 bits per heavy atom. The fraction of sp³-hybridized carbons (Fsp3) is 0.769. The molecule has 0 radical (unpaired) electrons. The molecule has 1 fully saturated rings. The smallest absolute Gasteiger partial charge is 0.326 e. The minimum atomic E-state index is -1.25. The summed E-state index contributed by atoms with van der Waals surface area (Å²) in [5, 5.41) is 11.4. The number of carbonyl (C=O) groups is 3. The van der Waals surface area contributed by atoms with Crippen molar-refractivity contribution < 1.29 is 24.2 Å². The Bertz CT molecular complexity index is 368. The number of nitrogens with zero attached hydrogens (tertiary/aromatic N) is 1. The van der Waals surface area contributed by atoms with Crippen molar-refractivity contribution in [3.63, 3.8) is 0 Å². The molecule has 0 aromatic carbocycles. The summed E-state index contributed by atoms with van der Waals surface area (Å²) in [6, 6.07) is -1.47. The number of aliphatic carboxylic acids is 1. The predicted octanol–water partition coefficient (Wildman–Crippen LogP) is 0.977. The number of amides is 2. The number of unbranched alkanes of at least 4 members (excludes halogenated alkanes) is 1. The lowest BCUT2D eigenvalue weighted by atomic mass is 10.2. The van der Waals surface area contributed by atoms with Crippen LogP contribution in [0.1, 0.15) is 39.0 Å². The molecule has 0 spiro atoms. The summed E-state index contributed by atoms with van der Waals surface area (Å²) >= 11 is 0. The van der Waals surface area contributed by atoms with Crippen LogP contribution in [0.15, 0.2) is 0 Å². The van der Waals surface area contributed by atoms with Crippen LogP contribution in [0.3, 0.4) is 0 Å². The Balaban J connectivity index is 2.58. The number of carboxylic acids is 1. The molecule has 20 heavy (non-hydrogen) atoms. The van der Waals surface area contributed by atoms with Crippen LogP contribution in [0.25, 0.3) is 0 Å². The van der Waals surface area contributed by atoms with Gasteiger partial charge >= 0.3 is 18.0 Å². The normalized spacial score (nSPS) is 15.3. The molecule has 0 unspecified atom stereocenters. The maximum absolute atomic E-state index is 12.1. The van der Waals surface area contributed by atoms with Gasteiger partial charge in [-0.2, -0.15) is 0 Å². The van der Waals surface area contributed by atoms with Crippen molar-refractivity contribution in [3.05, 3.63) is 0 Å². The summed E-state index contributed by atoms with van der Waals surface area (Å²) in [4.78, 5) is 36.0. The molecule has 1 saturated carbocycles. The van der Waals surface area contributed by atoms with E-state index in [1.165, 1.54) is 7.11 Å². The summed E-state index contributed by atoms with van der Waals surface area (Å²) in [6.45, 7) is 2.64. The van der Waals surface area contributed by atoms with Crippen LogP contribution >= 0.6 is 0 Å². The van der Waals surface area contributed by atoms with E-state index in [0.717, 1.165) is 25.7 Å². The van der Waals surface area contributed by atoms with E-state index in [1.54, 1.807) is 4.90 Å². The quantitative estimate of drug-likeness (QED) is 0.648. The summed E-state index contributed by atoms with van der Waals surface area (Å²) < 4.78 is 4.43. The lowest BCUT2D eigenvalue weighted by molar-refractivity contribution is -0.147. The number of methoxy groups -OCH3 is 1. The molecular formula is C13H22N2O5. The number of rotatable bonds is 8. The van der Waals surface area contributed by atoms with Crippen LogP contribution in [0.2, 0.25) is 0 Å². The molecule has 1 atom stereocenters. The van der Waals surface area contributed by atoms with E-state index in [0.29, 0.717) is 6.54 Å². The van der Waals surface area contributed by atoms with E-state index in [4.69, 9.17) is 5.11 Å². The molecule has 7 nitrogen and oxygen atoms in total. The number of nitrogens with one attached hydrogen (secondary N) is 1. The van der Waals surface area contributed by atoms with Gasteiger partial charge in [0, 0.05) is 12.6 Å². The Kier molecular flexibility index (Phi) is 6.27. The number of urea groups is 1. The van der Waals surface area contributed by atoms with Crippen molar-refractivity contribution in [2.45, 2.75) is 51.1 Å². The SMILES string of the molecule is CCCCN(C(=O)N[C@@H](CC(=O)OC)C(=O)O)C1CC1. The number of hydrogen-bond donors (Lipinski definition) is 2. The van der Waals surface area contributed by atoms with Crippen molar-refractivity contribution in [2.75, 3.05) is 13.7 Å². The number of ether oxygens (including phenoxy) is 1. The summed E-state index contributed by atoms with van der Waals surface area (Å²) in [5.74, 6) is -1.90. The fourth-order valence-electron chi connectivity index (χ4n) is 1.85. The standard InChI is InChI=1S/C13H22N2O5/c1-3-4-7-15(9-5-6-9)13(19)14-10(12(17)18)8-11(16)20-2/h9-10H,3-8H2,1-2H3,(H,14,19)(H,17,18)/t10-/m0/s1. The average molecular weight is 286 g/mol. The van der Waals surface area contributed by atoms with Crippen LogP contribution in [-0.2, 0) is 14.3 Å². The van der Waals surface area contributed by atoms with Crippen LogP contribution < -0.4 is 5.32 Å². The van der Waals surface area contributed by atoms with Crippen molar-refractivity contribution in [1.82, 2.24) is 10.2 Å². The van der Waals surface area contributed by atoms with Crippen LogP contribution in [0, 0.1) is 0 Å². The molecule has 1 aliphatic carbocycles. The third kappa shape index (κ3) is 5.07. The topological polar surface area (TPSA) is 95.9 Å². The van der Waals surface area contributed by atoms with Gasteiger partial charge < -0.3 is 20.1 Å². The maximum atomic E-state index is 12.1. The summed E-state index contributed by atoms with van der Waals surface area (Å²) in [5.41, 5.74) is 0. The first-order valence-electron chi connectivity index (χ1n) is 6.86. The van der Waals surface area contributed by atoms with Crippen molar-refractivity contribution >= 4 is 18.0 Å². The van der Waals surface area contributed by atoms with Gasteiger partial charge in [0.1, 0.15) is 6.04 Å². The van der Waals surface area contributed by atoms with E-state index in [-0.39, 0.29) is 12.5 Å². The van der Waals surface area contributed by atoms with Gasteiger partial charge in [-0.05, 0) is 19.3 Å². The first-order valence-corrected chi connectivity index (χ1v) is 6.86. The molecule has 114 valence electrons. The molecule has 7 heteroatoms. The summed E-state index contributed by atoms with van der Waals surface area (Å²) in [6.07, 6.45) is 3.36. The maximum Gasteiger partial charge on any atom is 0.326 e. The monoisotopic (exact) mass is 286 g/mol. The van der Waals surface area contributed by atoms with E-state index < -0.39 is 24.0 Å². The Morgan fingerprint density at radius 2 is 2.05 bits per heavy atom. The highest BCUT2D eigenvalue weighted by Crippen LogP contribution is 2.27. The van der Waals surface area contributed by atoms with Gasteiger partial charge in [-0.25, -0.2) is 9.59 Å².